The van der Waals surface area contributed by atoms with Crippen LogP contribution in [0.3, 0.4) is 0 Å². The average molecular weight is 232 g/mol. The number of carbonyl (C=O) groups is 1. The molecule has 1 saturated carbocycles. The third kappa shape index (κ3) is 2.60. The highest BCUT2D eigenvalue weighted by atomic mass is 16.1. The van der Waals surface area contributed by atoms with Crippen molar-refractivity contribution >= 4 is 11.6 Å². The lowest BCUT2D eigenvalue weighted by molar-refractivity contribution is 0.0908. The van der Waals surface area contributed by atoms with Crippen LogP contribution in [0, 0.1) is 12.8 Å². The average Bonchev–Trinajstić information content (AvgIpc) is 2.18. The van der Waals surface area contributed by atoms with Crippen molar-refractivity contribution in [2.24, 2.45) is 5.92 Å². The summed E-state index contributed by atoms with van der Waals surface area (Å²) in [5.41, 5.74) is 8.01. The van der Waals surface area contributed by atoms with Crippen LogP contribution < -0.4 is 11.1 Å². The van der Waals surface area contributed by atoms with Gasteiger partial charge >= 0.3 is 0 Å². The number of nitrogens with two attached hydrogens (primary N) is 1. The zero-order valence-electron chi connectivity index (χ0n) is 10.5. The topological polar surface area (TPSA) is 55.1 Å². The summed E-state index contributed by atoms with van der Waals surface area (Å²) in [5, 5.41) is 3.07. The van der Waals surface area contributed by atoms with E-state index in [1.54, 1.807) is 6.07 Å². The maximum Gasteiger partial charge on any atom is 0.251 e. The highest BCUT2D eigenvalue weighted by Crippen LogP contribution is 2.29. The number of hydrogen-bond donors (Lipinski definition) is 2. The van der Waals surface area contributed by atoms with Gasteiger partial charge in [0.1, 0.15) is 0 Å². The minimum Gasteiger partial charge on any atom is -0.399 e. The van der Waals surface area contributed by atoms with Gasteiger partial charge in [-0.05, 0) is 50.3 Å². The molecule has 3 heteroatoms. The third-order valence-corrected chi connectivity index (χ3v) is 3.72. The molecule has 1 aromatic rings. The Balaban J connectivity index is 2.05. The molecule has 0 radical (unpaired) electrons. The minimum absolute atomic E-state index is 0.00537. The van der Waals surface area contributed by atoms with Crippen LogP contribution in [0.1, 0.15) is 42.1 Å². The van der Waals surface area contributed by atoms with Crippen LogP contribution >= 0.6 is 0 Å². The molecule has 1 aliphatic rings. The normalized spacial score (nSPS) is 17.3. The molecule has 1 amide bonds. The smallest absolute Gasteiger partial charge is 0.251 e. The highest BCUT2D eigenvalue weighted by molar-refractivity contribution is 5.96. The van der Waals surface area contributed by atoms with Gasteiger partial charge in [0.15, 0.2) is 0 Å². The van der Waals surface area contributed by atoms with Crippen LogP contribution in [0.15, 0.2) is 18.2 Å². The minimum atomic E-state index is -0.00537. The van der Waals surface area contributed by atoms with E-state index in [1.165, 1.54) is 19.3 Å². The van der Waals surface area contributed by atoms with E-state index in [1.807, 2.05) is 19.1 Å². The summed E-state index contributed by atoms with van der Waals surface area (Å²) >= 11 is 0. The maximum atomic E-state index is 12.1. The monoisotopic (exact) mass is 232 g/mol. The summed E-state index contributed by atoms with van der Waals surface area (Å²) in [7, 11) is 0. The van der Waals surface area contributed by atoms with Gasteiger partial charge in [0.05, 0.1) is 0 Å². The van der Waals surface area contributed by atoms with Crippen LogP contribution in [0.4, 0.5) is 5.69 Å². The van der Waals surface area contributed by atoms with Crippen molar-refractivity contribution in [3.8, 4) is 0 Å². The van der Waals surface area contributed by atoms with E-state index in [9.17, 15) is 4.79 Å². The molecular formula is C14H20N2O. The largest absolute Gasteiger partial charge is 0.399 e. The Morgan fingerprint density at radius 1 is 1.47 bits per heavy atom. The molecule has 17 heavy (non-hydrogen) atoms. The summed E-state index contributed by atoms with van der Waals surface area (Å²) in [6.07, 6.45) is 3.76. The lowest BCUT2D eigenvalue weighted by Crippen LogP contribution is -2.40. The van der Waals surface area contributed by atoms with Crippen LogP contribution in [-0.4, -0.2) is 11.9 Å². The lowest BCUT2D eigenvalue weighted by Gasteiger charge is -2.32. The molecule has 0 heterocycles. The van der Waals surface area contributed by atoms with E-state index < -0.39 is 0 Å². The van der Waals surface area contributed by atoms with Crippen LogP contribution in [0.5, 0.6) is 0 Å². The summed E-state index contributed by atoms with van der Waals surface area (Å²) in [6, 6.07) is 5.72. The molecule has 0 saturated heterocycles. The fourth-order valence-corrected chi connectivity index (χ4v) is 2.23. The molecule has 0 spiro atoms. The molecule has 3 nitrogen and oxygen atoms in total. The van der Waals surface area contributed by atoms with Gasteiger partial charge < -0.3 is 11.1 Å². The quantitative estimate of drug-likeness (QED) is 0.787. The van der Waals surface area contributed by atoms with E-state index in [0.29, 0.717) is 17.2 Å². The Hall–Kier alpha value is -1.51. The fourth-order valence-electron chi connectivity index (χ4n) is 2.23. The van der Waals surface area contributed by atoms with E-state index >= 15 is 0 Å². The zero-order chi connectivity index (χ0) is 12.4. The van der Waals surface area contributed by atoms with Gasteiger partial charge in [-0.1, -0.05) is 12.5 Å². The Bertz CT molecular complexity index is 424. The fraction of sp³-hybridized carbons (Fsp3) is 0.500. The first-order valence-corrected chi connectivity index (χ1v) is 6.25. The molecule has 92 valence electrons. The molecule has 0 aliphatic heterocycles. The van der Waals surface area contributed by atoms with Gasteiger partial charge in [-0.25, -0.2) is 0 Å². The number of aryl methyl sites for hydroxylation is 1. The van der Waals surface area contributed by atoms with Gasteiger partial charge in [-0.15, -0.1) is 0 Å². The van der Waals surface area contributed by atoms with Crippen molar-refractivity contribution in [2.75, 3.05) is 5.73 Å². The third-order valence-electron chi connectivity index (χ3n) is 3.72. The molecule has 0 aromatic heterocycles. The summed E-state index contributed by atoms with van der Waals surface area (Å²) in [6.45, 7) is 4.02. The zero-order valence-corrected chi connectivity index (χ0v) is 10.5. The standard InChI is InChI=1S/C14H20N2O/c1-9-6-7-12(15)8-13(9)14(17)16-10(2)11-4-3-5-11/h6-8,10-11H,3-5,15H2,1-2H3,(H,16,17). The number of nitrogens with one attached hydrogen (secondary N) is 1. The second-order valence-corrected chi connectivity index (χ2v) is 5.03. The van der Waals surface area contributed by atoms with Crippen molar-refractivity contribution < 1.29 is 4.79 Å². The second kappa shape index (κ2) is 4.78. The van der Waals surface area contributed by atoms with Crippen molar-refractivity contribution in [3.05, 3.63) is 29.3 Å². The van der Waals surface area contributed by atoms with E-state index in [-0.39, 0.29) is 11.9 Å². The highest BCUT2D eigenvalue weighted by Gasteiger charge is 2.25. The van der Waals surface area contributed by atoms with Crippen molar-refractivity contribution in [3.63, 3.8) is 0 Å². The predicted octanol–water partition coefficient (Wildman–Crippen LogP) is 2.50. The Morgan fingerprint density at radius 3 is 2.76 bits per heavy atom. The summed E-state index contributed by atoms with van der Waals surface area (Å²) < 4.78 is 0. The molecule has 1 atom stereocenters. The number of anilines is 1. The van der Waals surface area contributed by atoms with Gasteiger partial charge in [-0.3, -0.25) is 4.79 Å². The van der Waals surface area contributed by atoms with Gasteiger partial charge in [0.25, 0.3) is 5.91 Å². The molecule has 3 N–H and O–H groups in total. The maximum absolute atomic E-state index is 12.1. The van der Waals surface area contributed by atoms with Crippen LogP contribution in [-0.2, 0) is 0 Å². The number of hydrogen-bond acceptors (Lipinski definition) is 2. The van der Waals surface area contributed by atoms with Crippen LogP contribution in [0.2, 0.25) is 0 Å². The Kier molecular flexibility index (Phi) is 3.36. The molecular weight excluding hydrogens is 212 g/mol. The molecule has 1 fully saturated rings. The van der Waals surface area contributed by atoms with E-state index in [2.05, 4.69) is 12.2 Å². The number of carbonyl (C=O) groups excluding carboxylic acids is 1. The first-order chi connectivity index (χ1) is 8.08. The predicted molar refractivity (Wildman–Crippen MR) is 69.9 cm³/mol. The number of nitrogen functional groups attached to an aromatic ring is 1. The summed E-state index contributed by atoms with van der Waals surface area (Å²) in [5.74, 6) is 0.648. The van der Waals surface area contributed by atoms with Gasteiger partial charge in [-0.2, -0.15) is 0 Å². The van der Waals surface area contributed by atoms with Crippen molar-refractivity contribution in [1.29, 1.82) is 0 Å². The number of amides is 1. The van der Waals surface area contributed by atoms with Crippen molar-refractivity contribution in [2.45, 2.75) is 39.2 Å². The number of benzene rings is 1. The van der Waals surface area contributed by atoms with Gasteiger partial charge in [0.2, 0.25) is 0 Å². The van der Waals surface area contributed by atoms with Crippen molar-refractivity contribution in [1.82, 2.24) is 5.32 Å². The molecule has 2 rings (SSSR count). The van der Waals surface area contributed by atoms with Gasteiger partial charge in [0, 0.05) is 17.3 Å². The molecule has 1 unspecified atom stereocenters. The molecule has 0 bridgehead atoms. The van der Waals surface area contributed by atoms with Crippen LogP contribution in [0.25, 0.3) is 0 Å². The first kappa shape index (κ1) is 12.0. The second-order valence-electron chi connectivity index (χ2n) is 5.03. The molecule has 1 aromatic carbocycles. The SMILES string of the molecule is Cc1ccc(N)cc1C(=O)NC(C)C1CCC1. The van der Waals surface area contributed by atoms with E-state index in [0.717, 1.165) is 5.56 Å². The van der Waals surface area contributed by atoms with E-state index in [4.69, 9.17) is 5.73 Å². The lowest BCUT2D eigenvalue weighted by atomic mass is 9.80. The molecule has 1 aliphatic carbocycles. The summed E-state index contributed by atoms with van der Waals surface area (Å²) in [4.78, 5) is 12.1. The Morgan fingerprint density at radius 2 is 2.18 bits per heavy atom. The number of rotatable bonds is 3. The Labute approximate surface area is 102 Å². The first-order valence-electron chi connectivity index (χ1n) is 6.25.